The highest BCUT2D eigenvalue weighted by atomic mass is 32.1. The highest BCUT2D eigenvalue weighted by Crippen LogP contribution is 2.24. The van der Waals surface area contributed by atoms with Crippen molar-refractivity contribution in [2.75, 3.05) is 11.4 Å². The molecule has 1 heterocycles. The number of aromatic nitrogens is 1. The van der Waals surface area contributed by atoms with E-state index in [9.17, 15) is 0 Å². The number of hydrogen-bond acceptors (Lipinski definition) is 4. The van der Waals surface area contributed by atoms with Crippen LogP contribution in [0, 0.1) is 0 Å². The molecule has 1 aromatic carbocycles. The Morgan fingerprint density at radius 2 is 1.90 bits per heavy atom. The summed E-state index contributed by atoms with van der Waals surface area (Å²) in [5.74, 6) is 0. The molecular weight excluding hydrogens is 278 g/mol. The van der Waals surface area contributed by atoms with Crippen molar-refractivity contribution < 1.29 is 0 Å². The van der Waals surface area contributed by atoms with E-state index in [0.29, 0.717) is 0 Å². The summed E-state index contributed by atoms with van der Waals surface area (Å²) in [6.45, 7) is 11.5. The zero-order chi connectivity index (χ0) is 15.3. The first-order chi connectivity index (χ1) is 9.98. The molecule has 0 amide bonds. The van der Waals surface area contributed by atoms with Crippen LogP contribution in [0.15, 0.2) is 36.5 Å². The van der Waals surface area contributed by atoms with Crippen LogP contribution in [0.1, 0.15) is 38.1 Å². The van der Waals surface area contributed by atoms with Gasteiger partial charge in [-0.1, -0.05) is 30.3 Å². The second-order valence-electron chi connectivity index (χ2n) is 6.21. The van der Waals surface area contributed by atoms with Crippen molar-refractivity contribution in [3.05, 3.63) is 47.0 Å². The van der Waals surface area contributed by atoms with E-state index in [1.165, 1.54) is 10.4 Å². The number of nitrogens with one attached hydrogen (secondary N) is 1. The molecule has 0 aliphatic rings. The van der Waals surface area contributed by atoms with Gasteiger partial charge in [-0.15, -0.1) is 11.3 Å². The Bertz CT molecular complexity index is 543. The zero-order valence-corrected chi connectivity index (χ0v) is 14.2. The van der Waals surface area contributed by atoms with Crippen LogP contribution in [0.2, 0.25) is 0 Å². The Hall–Kier alpha value is -1.39. The van der Waals surface area contributed by atoms with Gasteiger partial charge >= 0.3 is 0 Å². The molecule has 0 saturated heterocycles. The summed E-state index contributed by atoms with van der Waals surface area (Å²) < 4.78 is 0. The Labute approximate surface area is 132 Å². The maximum atomic E-state index is 4.59. The molecule has 2 rings (SSSR count). The van der Waals surface area contributed by atoms with E-state index in [-0.39, 0.29) is 5.54 Å². The van der Waals surface area contributed by atoms with Crippen LogP contribution in [-0.4, -0.2) is 17.1 Å². The van der Waals surface area contributed by atoms with Gasteiger partial charge in [0.25, 0.3) is 0 Å². The second kappa shape index (κ2) is 7.05. The van der Waals surface area contributed by atoms with Gasteiger partial charge in [-0.3, -0.25) is 0 Å². The minimum Gasteiger partial charge on any atom is -0.344 e. The molecule has 3 nitrogen and oxygen atoms in total. The highest BCUT2D eigenvalue weighted by Gasteiger charge is 2.13. The van der Waals surface area contributed by atoms with Crippen molar-refractivity contribution in [3.63, 3.8) is 0 Å². The summed E-state index contributed by atoms with van der Waals surface area (Å²) in [5.41, 5.74) is 1.46. The molecule has 1 N–H and O–H groups in total. The lowest BCUT2D eigenvalue weighted by Gasteiger charge is -2.20. The molecule has 1 aromatic heterocycles. The van der Waals surface area contributed by atoms with Crippen molar-refractivity contribution in [1.29, 1.82) is 0 Å². The Kier molecular flexibility index (Phi) is 5.37. The van der Waals surface area contributed by atoms with E-state index in [0.717, 1.165) is 24.8 Å². The van der Waals surface area contributed by atoms with Gasteiger partial charge in [-0.05, 0) is 33.3 Å². The summed E-state index contributed by atoms with van der Waals surface area (Å²) in [4.78, 5) is 8.19. The smallest absolute Gasteiger partial charge is 0.185 e. The van der Waals surface area contributed by atoms with Crippen molar-refractivity contribution in [2.24, 2.45) is 0 Å². The summed E-state index contributed by atoms with van der Waals surface area (Å²) in [7, 11) is 0. The molecule has 0 bridgehead atoms. The Balaban J connectivity index is 2.01. The first kappa shape index (κ1) is 16.0. The topological polar surface area (TPSA) is 28.2 Å². The van der Waals surface area contributed by atoms with Crippen molar-refractivity contribution >= 4 is 16.5 Å². The van der Waals surface area contributed by atoms with Gasteiger partial charge in [0.15, 0.2) is 5.13 Å². The predicted octanol–water partition coefficient (Wildman–Crippen LogP) is 4.06. The molecule has 114 valence electrons. The van der Waals surface area contributed by atoms with Crippen LogP contribution in [0.5, 0.6) is 0 Å². The Morgan fingerprint density at radius 3 is 2.52 bits per heavy atom. The largest absolute Gasteiger partial charge is 0.344 e. The quantitative estimate of drug-likeness (QED) is 0.872. The fourth-order valence-electron chi connectivity index (χ4n) is 2.00. The van der Waals surface area contributed by atoms with E-state index < -0.39 is 0 Å². The average molecular weight is 303 g/mol. The molecule has 0 aliphatic carbocycles. The third-order valence-corrected chi connectivity index (χ3v) is 4.26. The van der Waals surface area contributed by atoms with E-state index in [1.807, 2.05) is 6.20 Å². The maximum Gasteiger partial charge on any atom is 0.185 e. The molecule has 0 saturated carbocycles. The number of nitrogens with zero attached hydrogens (tertiary/aromatic N) is 2. The van der Waals surface area contributed by atoms with Crippen LogP contribution in [0.25, 0.3) is 0 Å². The molecule has 0 spiro atoms. The lowest BCUT2D eigenvalue weighted by Crippen LogP contribution is -2.34. The third kappa shape index (κ3) is 5.14. The van der Waals surface area contributed by atoms with Crippen molar-refractivity contribution in [2.45, 2.75) is 46.3 Å². The Morgan fingerprint density at radius 1 is 1.19 bits per heavy atom. The molecule has 0 fully saturated rings. The van der Waals surface area contributed by atoms with Gasteiger partial charge in [-0.2, -0.15) is 0 Å². The minimum atomic E-state index is 0.138. The fourth-order valence-corrected chi connectivity index (χ4v) is 2.91. The van der Waals surface area contributed by atoms with Gasteiger partial charge in [0.05, 0.1) is 0 Å². The zero-order valence-electron chi connectivity index (χ0n) is 13.4. The molecule has 0 atom stereocenters. The van der Waals surface area contributed by atoms with E-state index in [2.05, 4.69) is 73.2 Å². The monoisotopic (exact) mass is 303 g/mol. The fraction of sp³-hybridized carbons (Fsp3) is 0.471. The van der Waals surface area contributed by atoms with Crippen LogP contribution < -0.4 is 10.2 Å². The molecule has 4 heteroatoms. The molecular formula is C17H25N3S. The lowest BCUT2D eigenvalue weighted by molar-refractivity contribution is 0.426. The first-order valence-corrected chi connectivity index (χ1v) is 8.28. The van der Waals surface area contributed by atoms with Crippen LogP contribution in [0.4, 0.5) is 5.13 Å². The standard InChI is InChI=1S/C17H25N3S/c1-5-20(13-14-9-7-6-8-10-14)16-18-11-15(21-16)12-19-17(2,3)4/h6-11,19H,5,12-13H2,1-4H3. The second-order valence-corrected chi connectivity index (χ2v) is 7.31. The van der Waals surface area contributed by atoms with E-state index in [1.54, 1.807) is 11.3 Å². The number of hydrogen-bond donors (Lipinski definition) is 1. The van der Waals surface area contributed by atoms with E-state index >= 15 is 0 Å². The highest BCUT2D eigenvalue weighted by molar-refractivity contribution is 7.15. The van der Waals surface area contributed by atoms with Crippen LogP contribution >= 0.6 is 11.3 Å². The van der Waals surface area contributed by atoms with Gasteiger partial charge < -0.3 is 10.2 Å². The normalized spacial score (nSPS) is 11.6. The van der Waals surface area contributed by atoms with Gasteiger partial charge in [-0.25, -0.2) is 4.98 Å². The summed E-state index contributed by atoms with van der Waals surface area (Å²) in [5, 5.41) is 4.61. The molecule has 2 aromatic rings. The maximum absolute atomic E-state index is 4.59. The van der Waals surface area contributed by atoms with E-state index in [4.69, 9.17) is 0 Å². The van der Waals surface area contributed by atoms with Crippen LogP contribution in [0.3, 0.4) is 0 Å². The summed E-state index contributed by atoms with van der Waals surface area (Å²) in [6, 6.07) is 10.6. The average Bonchev–Trinajstić information content (AvgIpc) is 2.92. The molecule has 0 radical (unpaired) electrons. The van der Waals surface area contributed by atoms with Crippen LogP contribution in [-0.2, 0) is 13.1 Å². The minimum absolute atomic E-state index is 0.138. The number of rotatable bonds is 6. The lowest BCUT2D eigenvalue weighted by atomic mass is 10.1. The SMILES string of the molecule is CCN(Cc1ccccc1)c1ncc(CNC(C)(C)C)s1. The summed E-state index contributed by atoms with van der Waals surface area (Å²) in [6.07, 6.45) is 1.99. The van der Waals surface area contributed by atoms with Gasteiger partial charge in [0, 0.05) is 36.2 Å². The number of benzene rings is 1. The number of thiazole rings is 1. The van der Waals surface area contributed by atoms with Gasteiger partial charge in [0.2, 0.25) is 0 Å². The third-order valence-electron chi connectivity index (χ3n) is 3.20. The van der Waals surface area contributed by atoms with Crippen molar-refractivity contribution in [3.8, 4) is 0 Å². The van der Waals surface area contributed by atoms with Gasteiger partial charge in [0.1, 0.15) is 0 Å². The first-order valence-electron chi connectivity index (χ1n) is 7.46. The number of anilines is 1. The van der Waals surface area contributed by atoms with Crippen molar-refractivity contribution in [1.82, 2.24) is 10.3 Å². The molecule has 21 heavy (non-hydrogen) atoms. The molecule has 0 aliphatic heterocycles. The predicted molar refractivity (Wildman–Crippen MR) is 91.9 cm³/mol. The summed E-state index contributed by atoms with van der Waals surface area (Å²) >= 11 is 1.78. The molecule has 0 unspecified atom stereocenters.